The number of carbonyl (C=O) groups excluding carboxylic acids is 4. The molecule has 4 rings (SSSR count). The Hall–Kier alpha value is -4.50. The summed E-state index contributed by atoms with van der Waals surface area (Å²) in [5, 5.41) is 16.0. The quantitative estimate of drug-likeness (QED) is 0.0773. The zero-order valence-electron chi connectivity index (χ0n) is 24.3. The number of allylic oxidation sites excluding steroid dienone is 2. The third kappa shape index (κ3) is 7.52. The summed E-state index contributed by atoms with van der Waals surface area (Å²) >= 11 is 2.39. The van der Waals surface area contributed by atoms with Gasteiger partial charge in [0.15, 0.2) is 10.8 Å². The summed E-state index contributed by atoms with van der Waals surface area (Å²) in [6.45, 7) is 5.53. The highest BCUT2D eigenvalue weighted by atomic mass is 32.2. The SMILES string of the molecule is CC/C=C(\COC(=O)C1=C(/C=C\c2cccnc2)CS[C@@H]2[C@H](NC(=O)/C(=N\O)c3csc(N)n3)C(=O)N12)C(=O)OCC(C)C. The van der Waals surface area contributed by atoms with E-state index in [0.29, 0.717) is 17.7 Å². The van der Waals surface area contributed by atoms with Crippen LogP contribution < -0.4 is 11.1 Å². The Balaban J connectivity index is 1.56. The van der Waals surface area contributed by atoms with Crippen molar-refractivity contribution in [1.29, 1.82) is 0 Å². The van der Waals surface area contributed by atoms with Crippen molar-refractivity contribution in [2.24, 2.45) is 11.1 Å². The van der Waals surface area contributed by atoms with Gasteiger partial charge in [-0.15, -0.1) is 23.1 Å². The molecule has 0 aliphatic carbocycles. The molecule has 0 saturated carbocycles. The Morgan fingerprint density at radius 3 is 2.73 bits per heavy atom. The molecule has 0 bridgehead atoms. The van der Waals surface area contributed by atoms with Crippen LogP contribution in [-0.4, -0.2) is 79.9 Å². The van der Waals surface area contributed by atoms with Gasteiger partial charge < -0.3 is 25.7 Å². The maximum atomic E-state index is 13.6. The first-order valence-corrected chi connectivity index (χ1v) is 15.6. The summed E-state index contributed by atoms with van der Waals surface area (Å²) in [4.78, 5) is 61.8. The summed E-state index contributed by atoms with van der Waals surface area (Å²) in [7, 11) is 0. The van der Waals surface area contributed by atoms with Crippen LogP contribution >= 0.6 is 23.1 Å². The van der Waals surface area contributed by atoms with Gasteiger partial charge in [0, 0.05) is 23.5 Å². The highest BCUT2D eigenvalue weighted by Crippen LogP contribution is 2.41. The minimum Gasteiger partial charge on any atom is -0.462 e. The Bertz CT molecular complexity index is 1530. The molecule has 4 N–H and O–H groups in total. The van der Waals surface area contributed by atoms with Gasteiger partial charge in [-0.25, -0.2) is 14.6 Å². The average Bonchev–Trinajstić information content (AvgIpc) is 3.45. The number of carbonyl (C=O) groups is 4. The van der Waals surface area contributed by atoms with E-state index in [1.165, 1.54) is 22.0 Å². The molecule has 2 aromatic rings. The Morgan fingerprint density at radius 1 is 1.30 bits per heavy atom. The number of hydrogen-bond acceptors (Lipinski definition) is 13. The van der Waals surface area contributed by atoms with Gasteiger partial charge in [-0.1, -0.05) is 50.2 Å². The zero-order valence-corrected chi connectivity index (χ0v) is 25.9. The number of rotatable bonds is 12. The first-order valence-electron chi connectivity index (χ1n) is 13.7. The molecule has 1 fully saturated rings. The largest absolute Gasteiger partial charge is 0.462 e. The van der Waals surface area contributed by atoms with E-state index < -0.39 is 40.9 Å². The number of hydrogen-bond donors (Lipinski definition) is 3. The molecule has 2 amide bonds. The first kappa shape index (κ1) is 32.4. The number of ether oxygens (including phenoxy) is 2. The predicted molar refractivity (Wildman–Crippen MR) is 165 cm³/mol. The van der Waals surface area contributed by atoms with Gasteiger partial charge in [0.1, 0.15) is 29.4 Å². The van der Waals surface area contributed by atoms with E-state index in [1.54, 1.807) is 36.7 Å². The molecular formula is C29H32N6O7S2. The van der Waals surface area contributed by atoms with Gasteiger partial charge in [0.2, 0.25) is 0 Å². The number of nitrogens with two attached hydrogens (primary N) is 1. The molecule has 0 spiro atoms. The number of aromatic nitrogens is 2. The first-order chi connectivity index (χ1) is 21.1. The van der Waals surface area contributed by atoms with Crippen molar-refractivity contribution in [3.8, 4) is 0 Å². The molecule has 1 saturated heterocycles. The number of thiazole rings is 1. The molecule has 0 unspecified atom stereocenters. The van der Waals surface area contributed by atoms with Crippen LogP contribution in [0.3, 0.4) is 0 Å². The van der Waals surface area contributed by atoms with Crippen molar-refractivity contribution in [3.05, 3.63) is 70.2 Å². The van der Waals surface area contributed by atoms with Gasteiger partial charge in [-0.05, 0) is 29.5 Å². The van der Waals surface area contributed by atoms with E-state index in [9.17, 15) is 24.4 Å². The third-order valence-electron chi connectivity index (χ3n) is 6.34. The summed E-state index contributed by atoms with van der Waals surface area (Å²) in [6.07, 6.45) is 8.90. The van der Waals surface area contributed by atoms with Crippen LogP contribution in [0, 0.1) is 5.92 Å². The number of thioether (sulfide) groups is 1. The molecule has 4 heterocycles. The van der Waals surface area contributed by atoms with Crippen LogP contribution in [0.5, 0.6) is 0 Å². The summed E-state index contributed by atoms with van der Waals surface area (Å²) in [6, 6.07) is 2.58. The van der Waals surface area contributed by atoms with E-state index >= 15 is 0 Å². The lowest BCUT2D eigenvalue weighted by atomic mass is 10.0. The standard InChI is InChI=1S/C29H32N6O7S2/c1-4-6-18(27(38)41-12-16(2)3)13-42-28(39)23-19(9-8-17-7-5-10-31-11-17)14-43-26-22(25(37)35(23)26)33-24(36)21(34-40)20-15-44-29(30)32-20/h5-11,15-16,22,26,40H,4,12-14H2,1-3H3,(H2,30,32)(H,33,36)/b9-8-,18-6+,34-21-/t22-,26-/m1/s1. The number of nitrogen functional groups attached to an aromatic ring is 1. The topological polar surface area (TPSA) is 186 Å². The Kier molecular flexibility index (Phi) is 10.9. The molecule has 2 aliphatic rings. The number of pyridine rings is 1. The van der Waals surface area contributed by atoms with Crippen LogP contribution in [0.25, 0.3) is 6.08 Å². The molecule has 44 heavy (non-hydrogen) atoms. The number of amides is 2. The Morgan fingerprint density at radius 2 is 2.09 bits per heavy atom. The molecular weight excluding hydrogens is 608 g/mol. The van der Waals surface area contributed by atoms with Crippen molar-refractivity contribution >= 4 is 63.8 Å². The van der Waals surface area contributed by atoms with Gasteiger partial charge >= 0.3 is 11.9 Å². The van der Waals surface area contributed by atoms with Gasteiger partial charge in [0.25, 0.3) is 11.8 Å². The molecule has 0 aromatic carbocycles. The lowest BCUT2D eigenvalue weighted by Crippen LogP contribution is -2.71. The number of β-lactam (4-membered cyclic amide) rings is 1. The number of nitrogens with zero attached hydrogens (tertiary/aromatic N) is 4. The number of nitrogens with one attached hydrogen (secondary N) is 1. The van der Waals surface area contributed by atoms with Gasteiger partial charge in [-0.2, -0.15) is 0 Å². The van der Waals surface area contributed by atoms with Crippen molar-refractivity contribution in [3.63, 3.8) is 0 Å². The molecule has 0 radical (unpaired) electrons. The lowest BCUT2D eigenvalue weighted by molar-refractivity contribution is -0.152. The Labute approximate surface area is 261 Å². The highest BCUT2D eigenvalue weighted by Gasteiger charge is 2.54. The van der Waals surface area contributed by atoms with E-state index in [2.05, 4.69) is 20.4 Å². The second-order valence-corrected chi connectivity index (χ2v) is 12.1. The minimum absolute atomic E-state index is 0.000825. The van der Waals surface area contributed by atoms with E-state index in [4.69, 9.17) is 15.2 Å². The maximum absolute atomic E-state index is 13.6. The van der Waals surface area contributed by atoms with Crippen LogP contribution in [0.1, 0.15) is 38.4 Å². The number of esters is 2. The average molecular weight is 641 g/mol. The van der Waals surface area contributed by atoms with Crippen LogP contribution in [0.2, 0.25) is 0 Å². The molecule has 2 atom stereocenters. The maximum Gasteiger partial charge on any atom is 0.355 e. The van der Waals surface area contributed by atoms with Crippen molar-refractivity contribution in [1.82, 2.24) is 20.2 Å². The second kappa shape index (κ2) is 14.8. The summed E-state index contributed by atoms with van der Waals surface area (Å²) in [5.74, 6) is -2.35. The fourth-order valence-corrected chi connectivity index (χ4v) is 6.11. The second-order valence-electron chi connectivity index (χ2n) is 10.1. The van der Waals surface area contributed by atoms with E-state index in [1.807, 2.05) is 26.8 Å². The third-order valence-corrected chi connectivity index (χ3v) is 8.31. The van der Waals surface area contributed by atoms with Crippen molar-refractivity contribution in [2.45, 2.75) is 38.6 Å². The van der Waals surface area contributed by atoms with Gasteiger partial charge in [-0.3, -0.25) is 19.5 Å². The van der Waals surface area contributed by atoms with Crippen molar-refractivity contribution in [2.75, 3.05) is 24.7 Å². The van der Waals surface area contributed by atoms with Crippen LogP contribution in [-0.2, 0) is 28.7 Å². The fourth-order valence-electron chi connectivity index (χ4n) is 4.24. The van der Waals surface area contributed by atoms with E-state index in [-0.39, 0.29) is 41.2 Å². The number of oxime groups is 1. The van der Waals surface area contributed by atoms with Crippen LogP contribution in [0.4, 0.5) is 5.13 Å². The normalized spacial score (nSPS) is 18.7. The zero-order chi connectivity index (χ0) is 31.8. The smallest absolute Gasteiger partial charge is 0.355 e. The number of anilines is 1. The summed E-state index contributed by atoms with van der Waals surface area (Å²) < 4.78 is 10.9. The van der Waals surface area contributed by atoms with Crippen molar-refractivity contribution < 1.29 is 33.9 Å². The molecule has 15 heteroatoms. The lowest BCUT2D eigenvalue weighted by Gasteiger charge is -2.49. The summed E-state index contributed by atoms with van der Waals surface area (Å²) in [5.41, 5.74) is 6.76. The highest BCUT2D eigenvalue weighted by molar-refractivity contribution is 8.00. The van der Waals surface area contributed by atoms with E-state index in [0.717, 1.165) is 16.9 Å². The van der Waals surface area contributed by atoms with Crippen LogP contribution in [0.15, 0.2) is 64.1 Å². The molecule has 2 aliphatic heterocycles. The predicted octanol–water partition coefficient (Wildman–Crippen LogP) is 2.74. The minimum atomic E-state index is -1.02. The molecule has 13 nitrogen and oxygen atoms in total. The van der Waals surface area contributed by atoms with Gasteiger partial charge in [0.05, 0.1) is 12.2 Å². The monoisotopic (exact) mass is 640 g/mol. The fraction of sp³-hybridized carbons (Fsp3) is 0.345. The molecule has 232 valence electrons. The number of fused-ring (bicyclic) bond motifs is 1. The molecule has 2 aromatic heterocycles.